The summed E-state index contributed by atoms with van der Waals surface area (Å²) in [5.41, 5.74) is 3.02. The SMILES string of the molecule is COc1cccc(C(=O)/C=C2\N=c3ccc(C(=O)NCCc4cccc(C)c4)cc3=NC2=O)c1. The maximum absolute atomic E-state index is 12.6. The summed E-state index contributed by atoms with van der Waals surface area (Å²) in [6.45, 7) is 2.51. The molecular weight excluding hydrogens is 430 g/mol. The number of allylic oxidation sites excluding steroid dienone is 1. The average Bonchev–Trinajstić information content (AvgIpc) is 2.84. The monoisotopic (exact) mass is 453 g/mol. The molecule has 0 aliphatic carbocycles. The van der Waals surface area contributed by atoms with Crippen molar-refractivity contribution >= 4 is 17.6 Å². The molecule has 0 fully saturated rings. The van der Waals surface area contributed by atoms with Gasteiger partial charge in [-0.2, -0.15) is 0 Å². The lowest BCUT2D eigenvalue weighted by molar-refractivity contribution is -0.114. The zero-order valence-corrected chi connectivity index (χ0v) is 18.9. The van der Waals surface area contributed by atoms with E-state index in [1.54, 1.807) is 36.4 Å². The topological polar surface area (TPSA) is 97.2 Å². The number of rotatable bonds is 7. The highest BCUT2D eigenvalue weighted by molar-refractivity contribution is 6.10. The van der Waals surface area contributed by atoms with E-state index in [2.05, 4.69) is 21.4 Å². The van der Waals surface area contributed by atoms with E-state index in [1.165, 1.54) is 18.7 Å². The lowest BCUT2D eigenvalue weighted by Crippen LogP contribution is -2.34. The van der Waals surface area contributed by atoms with Gasteiger partial charge in [0.1, 0.15) is 11.4 Å². The first kappa shape index (κ1) is 22.8. The Hall–Kier alpha value is -4.39. The minimum Gasteiger partial charge on any atom is -0.497 e. The summed E-state index contributed by atoms with van der Waals surface area (Å²) in [6, 6.07) is 19.5. The Labute approximate surface area is 196 Å². The molecule has 0 unspecified atom stereocenters. The van der Waals surface area contributed by atoms with Gasteiger partial charge in [0, 0.05) is 23.7 Å². The summed E-state index contributed by atoms with van der Waals surface area (Å²) in [5, 5.41) is 3.60. The van der Waals surface area contributed by atoms with E-state index in [-0.39, 0.29) is 17.4 Å². The van der Waals surface area contributed by atoms with Gasteiger partial charge in [0.05, 0.1) is 17.8 Å². The number of amides is 2. The predicted octanol–water partition coefficient (Wildman–Crippen LogP) is 2.52. The van der Waals surface area contributed by atoms with Crippen LogP contribution in [0.5, 0.6) is 5.75 Å². The molecule has 1 heterocycles. The third-order valence-electron chi connectivity index (χ3n) is 5.32. The average molecular weight is 453 g/mol. The minimum absolute atomic E-state index is 0.0596. The largest absolute Gasteiger partial charge is 0.497 e. The standard InChI is InChI=1S/C27H23N3O4/c1-17-5-3-6-18(13-17)11-12-28-26(32)20-9-10-22-23(15-20)30-27(33)24(29-22)16-25(31)19-7-4-8-21(14-19)34-2/h3-10,13-16H,11-12H2,1-2H3,(H,28,32)/b24-16-. The van der Waals surface area contributed by atoms with Crippen LogP contribution in [0.2, 0.25) is 0 Å². The van der Waals surface area contributed by atoms with Gasteiger partial charge in [0.2, 0.25) is 0 Å². The van der Waals surface area contributed by atoms with Crippen molar-refractivity contribution in [3.05, 3.63) is 111 Å². The summed E-state index contributed by atoms with van der Waals surface area (Å²) >= 11 is 0. The number of ether oxygens (including phenoxy) is 1. The maximum Gasteiger partial charge on any atom is 0.296 e. The lowest BCUT2D eigenvalue weighted by Gasteiger charge is -2.07. The van der Waals surface area contributed by atoms with Crippen LogP contribution < -0.4 is 20.8 Å². The normalized spacial score (nSPS) is 13.5. The lowest BCUT2D eigenvalue weighted by atomic mass is 10.1. The number of carbonyl (C=O) groups excluding carboxylic acids is 3. The molecule has 3 aromatic rings. The molecule has 7 heteroatoms. The highest BCUT2D eigenvalue weighted by atomic mass is 16.5. The minimum atomic E-state index is -0.638. The van der Waals surface area contributed by atoms with E-state index in [0.29, 0.717) is 40.6 Å². The van der Waals surface area contributed by atoms with Gasteiger partial charge in [-0.05, 0) is 49.2 Å². The Morgan fingerprint density at radius 2 is 1.76 bits per heavy atom. The van der Waals surface area contributed by atoms with Gasteiger partial charge in [-0.25, -0.2) is 9.98 Å². The molecular formula is C27H23N3O4. The Bertz CT molecular complexity index is 1440. The van der Waals surface area contributed by atoms with Crippen LogP contribution >= 0.6 is 0 Å². The van der Waals surface area contributed by atoms with Crippen LogP contribution in [0.3, 0.4) is 0 Å². The fraction of sp³-hybridized carbons (Fsp3) is 0.148. The number of fused-ring (bicyclic) bond motifs is 1. The van der Waals surface area contributed by atoms with Crippen molar-refractivity contribution in [1.29, 1.82) is 0 Å². The number of carbonyl (C=O) groups is 3. The number of hydrogen-bond acceptors (Lipinski definition) is 5. The van der Waals surface area contributed by atoms with E-state index >= 15 is 0 Å². The van der Waals surface area contributed by atoms with Crippen molar-refractivity contribution in [3.8, 4) is 5.75 Å². The smallest absolute Gasteiger partial charge is 0.296 e. The fourth-order valence-corrected chi connectivity index (χ4v) is 3.56. The van der Waals surface area contributed by atoms with Crippen molar-refractivity contribution in [2.45, 2.75) is 13.3 Å². The van der Waals surface area contributed by atoms with Crippen LogP contribution in [-0.4, -0.2) is 31.3 Å². The molecule has 0 radical (unpaired) electrons. The molecule has 0 aromatic heterocycles. The van der Waals surface area contributed by atoms with E-state index in [0.717, 1.165) is 11.6 Å². The molecule has 3 aromatic carbocycles. The van der Waals surface area contributed by atoms with Crippen molar-refractivity contribution in [3.63, 3.8) is 0 Å². The van der Waals surface area contributed by atoms with Crippen LogP contribution in [0, 0.1) is 6.92 Å². The molecule has 170 valence electrons. The highest BCUT2D eigenvalue weighted by Gasteiger charge is 2.16. The van der Waals surface area contributed by atoms with Crippen LogP contribution in [0.15, 0.2) is 88.5 Å². The number of methoxy groups -OCH3 is 1. The molecule has 2 amide bonds. The van der Waals surface area contributed by atoms with E-state index < -0.39 is 5.91 Å². The highest BCUT2D eigenvalue weighted by Crippen LogP contribution is 2.14. The zero-order chi connectivity index (χ0) is 24.1. The predicted molar refractivity (Wildman–Crippen MR) is 126 cm³/mol. The molecule has 1 N–H and O–H groups in total. The second kappa shape index (κ2) is 10.0. The molecule has 1 aliphatic rings. The van der Waals surface area contributed by atoms with Gasteiger partial charge >= 0.3 is 0 Å². The van der Waals surface area contributed by atoms with Gasteiger partial charge in [-0.15, -0.1) is 0 Å². The number of aryl methyl sites for hydroxylation is 1. The zero-order valence-electron chi connectivity index (χ0n) is 18.9. The van der Waals surface area contributed by atoms with Gasteiger partial charge in [-0.3, -0.25) is 14.4 Å². The first-order valence-electron chi connectivity index (χ1n) is 10.8. The first-order chi connectivity index (χ1) is 16.4. The van der Waals surface area contributed by atoms with Crippen molar-refractivity contribution in [1.82, 2.24) is 5.32 Å². The molecule has 7 nitrogen and oxygen atoms in total. The summed E-state index contributed by atoms with van der Waals surface area (Å²) < 4.78 is 5.13. The molecule has 0 bridgehead atoms. The Morgan fingerprint density at radius 3 is 2.56 bits per heavy atom. The number of ketones is 1. The molecule has 0 saturated heterocycles. The summed E-state index contributed by atoms with van der Waals surface area (Å²) in [5.74, 6) is -0.737. The van der Waals surface area contributed by atoms with E-state index in [4.69, 9.17) is 4.74 Å². The fourth-order valence-electron chi connectivity index (χ4n) is 3.56. The number of hydrogen-bond donors (Lipinski definition) is 1. The van der Waals surface area contributed by atoms with E-state index in [1.807, 2.05) is 25.1 Å². The quantitative estimate of drug-likeness (QED) is 0.439. The Balaban J connectivity index is 1.49. The molecule has 1 aliphatic heterocycles. The molecule has 4 rings (SSSR count). The summed E-state index contributed by atoms with van der Waals surface area (Å²) in [6.07, 6.45) is 1.88. The summed E-state index contributed by atoms with van der Waals surface area (Å²) in [7, 11) is 1.51. The second-order valence-corrected chi connectivity index (χ2v) is 7.85. The van der Waals surface area contributed by atoms with Crippen molar-refractivity contribution in [2.75, 3.05) is 13.7 Å². The van der Waals surface area contributed by atoms with Crippen LogP contribution in [0.4, 0.5) is 0 Å². The third kappa shape index (κ3) is 5.32. The number of nitrogens with one attached hydrogen (secondary N) is 1. The van der Waals surface area contributed by atoms with Crippen LogP contribution in [0.25, 0.3) is 0 Å². The molecule has 0 spiro atoms. The van der Waals surface area contributed by atoms with Crippen LogP contribution in [-0.2, 0) is 11.2 Å². The van der Waals surface area contributed by atoms with E-state index in [9.17, 15) is 14.4 Å². The number of benzene rings is 3. The summed E-state index contributed by atoms with van der Waals surface area (Å²) in [4.78, 5) is 45.9. The first-order valence-corrected chi connectivity index (χ1v) is 10.8. The van der Waals surface area contributed by atoms with Crippen molar-refractivity contribution < 1.29 is 19.1 Å². The maximum atomic E-state index is 12.6. The van der Waals surface area contributed by atoms with Crippen molar-refractivity contribution in [2.24, 2.45) is 9.98 Å². The third-order valence-corrected chi connectivity index (χ3v) is 5.32. The van der Waals surface area contributed by atoms with Gasteiger partial charge in [0.25, 0.3) is 11.8 Å². The molecule has 34 heavy (non-hydrogen) atoms. The second-order valence-electron chi connectivity index (χ2n) is 7.85. The Kier molecular flexibility index (Phi) is 6.73. The number of nitrogens with zero attached hydrogens (tertiary/aromatic N) is 2. The van der Waals surface area contributed by atoms with Gasteiger partial charge in [-0.1, -0.05) is 42.0 Å². The molecule has 0 saturated carbocycles. The molecule has 0 atom stereocenters. The van der Waals surface area contributed by atoms with Gasteiger partial charge < -0.3 is 10.1 Å². The van der Waals surface area contributed by atoms with Gasteiger partial charge in [0.15, 0.2) is 5.78 Å². The Morgan fingerprint density at radius 1 is 0.941 bits per heavy atom. The van der Waals surface area contributed by atoms with Crippen LogP contribution in [0.1, 0.15) is 31.8 Å².